The molecule has 1 aromatic heterocycles. The number of benzene rings is 3. The number of hydrogen-bond acceptors (Lipinski definition) is 6. The Morgan fingerprint density at radius 2 is 1.54 bits per heavy atom. The Bertz CT molecular complexity index is 1460. The summed E-state index contributed by atoms with van der Waals surface area (Å²) in [6, 6.07) is 21.5. The number of fused-ring (bicyclic) bond motifs is 1. The Hall–Kier alpha value is -4.39. The van der Waals surface area contributed by atoms with Crippen LogP contribution in [-0.4, -0.2) is 18.1 Å². The summed E-state index contributed by atoms with van der Waals surface area (Å²) in [7, 11) is 0. The molecule has 1 heterocycles. The van der Waals surface area contributed by atoms with Crippen LogP contribution in [0.2, 0.25) is 0 Å². The fourth-order valence-corrected chi connectivity index (χ4v) is 4.10. The molecule has 4 rings (SSSR count). The highest BCUT2D eigenvalue weighted by atomic mass is 16.6. The van der Waals surface area contributed by atoms with Crippen LogP contribution in [0.4, 0.5) is 4.79 Å². The van der Waals surface area contributed by atoms with Crippen LogP contribution in [0, 0.1) is 13.8 Å². The molecule has 7 nitrogen and oxygen atoms in total. The zero-order chi connectivity index (χ0) is 26.4. The average molecular weight is 500 g/mol. The second-order valence-electron chi connectivity index (χ2n) is 8.81. The SMILES string of the molecule is CCC(NC(=O)OCc1ccccc1)C(=O)Oc1ccc2c(C)c(Cc3ccccc3)c(=O)oc2c1C. The minimum atomic E-state index is -0.902. The summed E-state index contributed by atoms with van der Waals surface area (Å²) >= 11 is 0. The van der Waals surface area contributed by atoms with Crippen LogP contribution in [0.15, 0.2) is 82.0 Å². The van der Waals surface area contributed by atoms with Crippen LogP contribution in [0.25, 0.3) is 11.0 Å². The second kappa shape index (κ2) is 11.6. The van der Waals surface area contributed by atoms with E-state index in [2.05, 4.69) is 5.32 Å². The van der Waals surface area contributed by atoms with Crippen LogP contribution in [0.5, 0.6) is 5.75 Å². The summed E-state index contributed by atoms with van der Waals surface area (Å²) in [5.74, 6) is -0.379. The van der Waals surface area contributed by atoms with Crippen molar-refractivity contribution in [2.75, 3.05) is 0 Å². The van der Waals surface area contributed by atoms with Gasteiger partial charge in [-0.05, 0) is 49.1 Å². The van der Waals surface area contributed by atoms with Crippen molar-refractivity contribution in [2.45, 2.75) is 46.3 Å². The minimum absolute atomic E-state index is 0.0899. The number of aryl methyl sites for hydroxylation is 2. The third-order valence-corrected chi connectivity index (χ3v) is 6.29. The summed E-state index contributed by atoms with van der Waals surface area (Å²) in [5, 5.41) is 3.33. The maximum atomic E-state index is 12.8. The first-order valence-electron chi connectivity index (χ1n) is 12.2. The van der Waals surface area contributed by atoms with E-state index in [0.29, 0.717) is 29.6 Å². The van der Waals surface area contributed by atoms with E-state index in [1.807, 2.05) is 67.6 Å². The highest BCUT2D eigenvalue weighted by molar-refractivity contribution is 5.88. The van der Waals surface area contributed by atoms with E-state index >= 15 is 0 Å². The molecule has 0 saturated carbocycles. The van der Waals surface area contributed by atoms with Gasteiger partial charge >= 0.3 is 17.7 Å². The van der Waals surface area contributed by atoms with Crippen LogP contribution in [-0.2, 0) is 22.6 Å². The summed E-state index contributed by atoms with van der Waals surface area (Å²) in [6.07, 6.45) is 0.0592. The van der Waals surface area contributed by atoms with E-state index in [4.69, 9.17) is 13.9 Å². The molecule has 7 heteroatoms. The Kier molecular flexibility index (Phi) is 8.03. The molecule has 0 aliphatic carbocycles. The molecule has 1 atom stereocenters. The number of alkyl carbamates (subject to hydrolysis) is 1. The standard InChI is InChI=1S/C30H29NO6/c1-4-25(31-30(34)35-18-22-13-9-6-10-14-22)29(33)36-26-16-15-23-19(2)24(17-21-11-7-5-8-12-21)28(32)37-27(23)20(26)3/h5-16,25H,4,17-18H2,1-3H3,(H,31,34). The molecule has 1 amide bonds. The first-order chi connectivity index (χ1) is 17.9. The van der Waals surface area contributed by atoms with E-state index < -0.39 is 23.7 Å². The Morgan fingerprint density at radius 1 is 0.892 bits per heavy atom. The number of nitrogens with one attached hydrogen (secondary N) is 1. The number of rotatable bonds is 8. The molecule has 0 fully saturated rings. The average Bonchev–Trinajstić information content (AvgIpc) is 2.91. The number of amides is 1. The van der Waals surface area contributed by atoms with Crippen molar-refractivity contribution in [2.24, 2.45) is 0 Å². The fraction of sp³-hybridized carbons (Fsp3) is 0.233. The van der Waals surface area contributed by atoms with Crippen molar-refractivity contribution >= 4 is 23.0 Å². The Morgan fingerprint density at radius 3 is 2.19 bits per heavy atom. The molecule has 3 aromatic carbocycles. The number of hydrogen-bond donors (Lipinski definition) is 1. The van der Waals surface area contributed by atoms with Crippen molar-refractivity contribution in [1.29, 1.82) is 0 Å². The van der Waals surface area contributed by atoms with E-state index in [0.717, 1.165) is 22.1 Å². The first-order valence-corrected chi connectivity index (χ1v) is 12.2. The van der Waals surface area contributed by atoms with Crippen molar-refractivity contribution in [3.63, 3.8) is 0 Å². The number of carbonyl (C=O) groups excluding carboxylic acids is 2. The van der Waals surface area contributed by atoms with Gasteiger partial charge in [0.1, 0.15) is 24.0 Å². The molecular weight excluding hydrogens is 470 g/mol. The Labute approximate surface area is 215 Å². The van der Waals surface area contributed by atoms with Crippen LogP contribution < -0.4 is 15.7 Å². The van der Waals surface area contributed by atoms with Crippen molar-refractivity contribution in [3.8, 4) is 5.75 Å². The van der Waals surface area contributed by atoms with Crippen LogP contribution in [0.3, 0.4) is 0 Å². The predicted molar refractivity (Wildman–Crippen MR) is 141 cm³/mol. The maximum Gasteiger partial charge on any atom is 0.408 e. The van der Waals surface area contributed by atoms with Crippen molar-refractivity contribution < 1.29 is 23.5 Å². The molecule has 0 aliphatic heterocycles. The Balaban J connectivity index is 1.48. The quantitative estimate of drug-likeness (QED) is 0.192. The molecule has 0 bridgehead atoms. The maximum absolute atomic E-state index is 12.8. The fourth-order valence-electron chi connectivity index (χ4n) is 4.10. The largest absolute Gasteiger partial charge is 0.445 e. The van der Waals surface area contributed by atoms with Gasteiger partial charge in [0.05, 0.1) is 0 Å². The minimum Gasteiger partial charge on any atom is -0.445 e. The lowest BCUT2D eigenvalue weighted by Crippen LogP contribution is -2.42. The normalized spacial score (nSPS) is 11.6. The smallest absolute Gasteiger partial charge is 0.408 e. The zero-order valence-electron chi connectivity index (χ0n) is 21.1. The molecule has 190 valence electrons. The van der Waals surface area contributed by atoms with E-state index in [1.54, 1.807) is 26.0 Å². The van der Waals surface area contributed by atoms with E-state index in [9.17, 15) is 14.4 Å². The van der Waals surface area contributed by atoms with Crippen LogP contribution in [0.1, 0.15) is 41.2 Å². The topological polar surface area (TPSA) is 94.8 Å². The number of esters is 1. The van der Waals surface area contributed by atoms with Gasteiger partial charge in [0.25, 0.3) is 0 Å². The number of carbonyl (C=O) groups is 2. The van der Waals surface area contributed by atoms with Crippen LogP contribution >= 0.6 is 0 Å². The lowest BCUT2D eigenvalue weighted by atomic mass is 9.98. The molecular formula is C30H29NO6. The summed E-state index contributed by atoms with van der Waals surface area (Å²) in [6.45, 7) is 5.47. The summed E-state index contributed by atoms with van der Waals surface area (Å²) in [5.41, 5.74) is 3.74. The van der Waals surface area contributed by atoms with Gasteiger partial charge in [0, 0.05) is 22.9 Å². The molecule has 0 saturated heterocycles. The predicted octanol–water partition coefficient (Wildman–Crippen LogP) is 5.61. The summed E-state index contributed by atoms with van der Waals surface area (Å²) in [4.78, 5) is 37.9. The van der Waals surface area contributed by atoms with E-state index in [1.165, 1.54) is 0 Å². The van der Waals surface area contributed by atoms with Gasteiger partial charge in [0.2, 0.25) is 0 Å². The van der Waals surface area contributed by atoms with Gasteiger partial charge in [-0.1, -0.05) is 67.6 Å². The van der Waals surface area contributed by atoms with Gasteiger partial charge in [-0.25, -0.2) is 14.4 Å². The van der Waals surface area contributed by atoms with Gasteiger partial charge in [-0.2, -0.15) is 0 Å². The van der Waals surface area contributed by atoms with Crippen molar-refractivity contribution in [3.05, 3.63) is 111 Å². The first kappa shape index (κ1) is 25.7. The third-order valence-electron chi connectivity index (χ3n) is 6.29. The highest BCUT2D eigenvalue weighted by Gasteiger charge is 2.24. The molecule has 0 aliphatic rings. The lowest BCUT2D eigenvalue weighted by Gasteiger charge is -2.17. The zero-order valence-corrected chi connectivity index (χ0v) is 21.1. The number of ether oxygens (including phenoxy) is 2. The molecule has 1 N–H and O–H groups in total. The molecule has 1 unspecified atom stereocenters. The molecule has 0 radical (unpaired) electrons. The monoisotopic (exact) mass is 499 g/mol. The summed E-state index contributed by atoms with van der Waals surface area (Å²) < 4.78 is 16.5. The van der Waals surface area contributed by atoms with Gasteiger partial charge in [0.15, 0.2) is 0 Å². The molecule has 37 heavy (non-hydrogen) atoms. The highest BCUT2D eigenvalue weighted by Crippen LogP contribution is 2.30. The van der Waals surface area contributed by atoms with Gasteiger partial charge < -0.3 is 19.2 Å². The van der Waals surface area contributed by atoms with Crippen molar-refractivity contribution in [1.82, 2.24) is 5.32 Å². The third kappa shape index (κ3) is 6.06. The molecule has 4 aromatic rings. The van der Waals surface area contributed by atoms with E-state index in [-0.39, 0.29) is 12.4 Å². The van der Waals surface area contributed by atoms with Gasteiger partial charge in [-0.15, -0.1) is 0 Å². The second-order valence-corrected chi connectivity index (χ2v) is 8.81. The molecule has 0 spiro atoms. The van der Waals surface area contributed by atoms with Gasteiger partial charge in [-0.3, -0.25) is 0 Å². The lowest BCUT2D eigenvalue weighted by molar-refractivity contribution is -0.136.